The van der Waals surface area contributed by atoms with Gasteiger partial charge in [-0.25, -0.2) is 4.39 Å². The second kappa shape index (κ2) is 11.0. The van der Waals surface area contributed by atoms with Crippen molar-refractivity contribution in [2.75, 3.05) is 19.7 Å². The van der Waals surface area contributed by atoms with Gasteiger partial charge in [-0.1, -0.05) is 23.8 Å². The molecule has 2 aromatic heterocycles. The van der Waals surface area contributed by atoms with Gasteiger partial charge in [-0.05, 0) is 66.8 Å². The first-order valence-electron chi connectivity index (χ1n) is 12.1. The van der Waals surface area contributed by atoms with Crippen molar-refractivity contribution < 1.29 is 23.1 Å². The third-order valence-corrected chi connectivity index (χ3v) is 7.45. The van der Waals surface area contributed by atoms with Crippen molar-refractivity contribution in [1.29, 1.82) is 0 Å². The van der Waals surface area contributed by atoms with Crippen LogP contribution in [0.5, 0.6) is 5.75 Å². The molecule has 1 unspecified atom stereocenters. The zero-order valence-corrected chi connectivity index (χ0v) is 21.2. The van der Waals surface area contributed by atoms with E-state index in [-0.39, 0.29) is 43.4 Å². The molecule has 37 heavy (non-hydrogen) atoms. The van der Waals surface area contributed by atoms with E-state index < -0.39 is 0 Å². The Labute approximate surface area is 218 Å². The van der Waals surface area contributed by atoms with Crippen molar-refractivity contribution in [3.63, 3.8) is 0 Å². The highest BCUT2D eigenvalue weighted by molar-refractivity contribution is 7.10. The Morgan fingerprint density at radius 3 is 2.73 bits per heavy atom. The zero-order valence-electron chi connectivity index (χ0n) is 20.4. The van der Waals surface area contributed by atoms with E-state index in [1.54, 1.807) is 58.9 Å². The Balaban J connectivity index is 1.37. The number of nitrogens with zero attached hydrogens (tertiary/aromatic N) is 2. The van der Waals surface area contributed by atoms with Gasteiger partial charge in [-0.3, -0.25) is 9.59 Å². The highest BCUT2D eigenvalue weighted by Gasteiger charge is 2.34. The number of benzene rings is 2. The molecule has 4 aromatic rings. The predicted octanol–water partition coefficient (Wildman–Crippen LogP) is 5.64. The number of aryl methyl sites for hydroxylation is 1. The molecule has 8 heteroatoms. The summed E-state index contributed by atoms with van der Waals surface area (Å²) in [7, 11) is 0. The van der Waals surface area contributed by atoms with Gasteiger partial charge in [0.1, 0.15) is 30.5 Å². The van der Waals surface area contributed by atoms with Crippen molar-refractivity contribution in [2.45, 2.75) is 25.9 Å². The molecule has 0 radical (unpaired) electrons. The molecule has 1 aliphatic heterocycles. The normalized spacial score (nSPS) is 14.8. The lowest BCUT2D eigenvalue weighted by molar-refractivity contribution is -0.135. The van der Waals surface area contributed by atoms with Crippen molar-refractivity contribution in [2.24, 2.45) is 0 Å². The van der Waals surface area contributed by atoms with Gasteiger partial charge in [0.2, 0.25) is 5.91 Å². The largest absolute Gasteiger partial charge is 0.491 e. The van der Waals surface area contributed by atoms with Crippen LogP contribution in [0.1, 0.15) is 38.2 Å². The smallest absolute Gasteiger partial charge is 0.254 e. The van der Waals surface area contributed by atoms with Gasteiger partial charge in [0.05, 0.1) is 18.8 Å². The Kier molecular flexibility index (Phi) is 7.37. The number of fused-ring (bicyclic) bond motifs is 1. The molecule has 0 saturated carbocycles. The summed E-state index contributed by atoms with van der Waals surface area (Å²) in [4.78, 5) is 31.7. The number of ether oxygens (including phenoxy) is 1. The van der Waals surface area contributed by atoms with Gasteiger partial charge in [0, 0.05) is 23.1 Å². The first-order valence-corrected chi connectivity index (χ1v) is 13.0. The second-order valence-corrected chi connectivity index (χ2v) is 10.0. The molecule has 3 heterocycles. The molecule has 0 aliphatic carbocycles. The quantitative estimate of drug-likeness (QED) is 0.303. The maximum absolute atomic E-state index is 13.7. The molecule has 5 rings (SSSR count). The standard InChI is InChI=1S/C29H27FN2O4S/c1-20-7-9-21(10-8-20)29(34)31(17-24-6-3-14-35-24)18-28(33)32-13-11-27-25(12-15-37-27)26(32)19-36-23-5-2-4-22(30)16-23/h2-10,12,14-16,26H,11,13,17-19H2,1H3. The number of hydrogen-bond donors (Lipinski definition) is 0. The summed E-state index contributed by atoms with van der Waals surface area (Å²) in [5.74, 6) is 0.192. The van der Waals surface area contributed by atoms with Gasteiger partial charge in [0.15, 0.2) is 0 Å². The first kappa shape index (κ1) is 24.8. The zero-order chi connectivity index (χ0) is 25.8. The van der Waals surface area contributed by atoms with Gasteiger partial charge >= 0.3 is 0 Å². The van der Waals surface area contributed by atoms with E-state index >= 15 is 0 Å². The first-order chi connectivity index (χ1) is 18.0. The van der Waals surface area contributed by atoms with Crippen LogP contribution < -0.4 is 4.74 Å². The Morgan fingerprint density at radius 2 is 1.97 bits per heavy atom. The number of carbonyl (C=O) groups is 2. The highest BCUT2D eigenvalue weighted by Crippen LogP contribution is 2.34. The van der Waals surface area contributed by atoms with Gasteiger partial charge in [0.25, 0.3) is 5.91 Å². The van der Waals surface area contributed by atoms with E-state index in [0.717, 1.165) is 17.5 Å². The van der Waals surface area contributed by atoms with Crippen molar-refractivity contribution in [3.05, 3.63) is 112 Å². The van der Waals surface area contributed by atoms with Crippen molar-refractivity contribution in [3.8, 4) is 5.75 Å². The number of thiophene rings is 1. The number of halogens is 1. The minimum atomic E-state index is -0.381. The summed E-state index contributed by atoms with van der Waals surface area (Å²) in [6, 6.07) is 18.5. The SMILES string of the molecule is Cc1ccc(C(=O)N(CC(=O)N2CCc3sccc3C2COc2cccc(F)c2)Cc2ccco2)cc1. The molecule has 2 aromatic carbocycles. The van der Waals surface area contributed by atoms with Gasteiger partial charge in [-0.2, -0.15) is 0 Å². The average molecular weight is 519 g/mol. The van der Waals surface area contributed by atoms with Crippen LogP contribution in [0, 0.1) is 12.7 Å². The van der Waals surface area contributed by atoms with Crippen LogP contribution in [0.25, 0.3) is 0 Å². The molecule has 6 nitrogen and oxygen atoms in total. The van der Waals surface area contributed by atoms with Crippen LogP contribution >= 0.6 is 11.3 Å². The fourth-order valence-electron chi connectivity index (χ4n) is 4.53. The number of amides is 2. The molecule has 1 aliphatic rings. The molecule has 0 fully saturated rings. The van der Waals surface area contributed by atoms with E-state index in [1.165, 1.54) is 21.9 Å². The van der Waals surface area contributed by atoms with E-state index in [0.29, 0.717) is 23.6 Å². The summed E-state index contributed by atoms with van der Waals surface area (Å²) in [5.41, 5.74) is 2.59. The lowest BCUT2D eigenvalue weighted by atomic mass is 10.0. The van der Waals surface area contributed by atoms with Crippen LogP contribution in [0.3, 0.4) is 0 Å². The van der Waals surface area contributed by atoms with E-state index in [1.807, 2.05) is 30.5 Å². The minimum absolute atomic E-state index is 0.108. The summed E-state index contributed by atoms with van der Waals surface area (Å²) in [6.07, 6.45) is 2.29. The van der Waals surface area contributed by atoms with E-state index in [2.05, 4.69) is 0 Å². The lowest BCUT2D eigenvalue weighted by Gasteiger charge is -2.37. The molecule has 0 saturated heterocycles. The number of carbonyl (C=O) groups excluding carboxylic acids is 2. The third kappa shape index (κ3) is 5.75. The Bertz CT molecular complexity index is 1370. The highest BCUT2D eigenvalue weighted by atomic mass is 32.1. The third-order valence-electron chi connectivity index (χ3n) is 6.46. The predicted molar refractivity (Wildman–Crippen MR) is 139 cm³/mol. The van der Waals surface area contributed by atoms with Crippen LogP contribution in [0.2, 0.25) is 0 Å². The number of furan rings is 1. The van der Waals surface area contributed by atoms with Gasteiger partial charge in [-0.15, -0.1) is 11.3 Å². The molecule has 2 amide bonds. The maximum atomic E-state index is 13.7. The maximum Gasteiger partial charge on any atom is 0.254 e. The fraction of sp³-hybridized carbons (Fsp3) is 0.241. The Morgan fingerprint density at radius 1 is 1.14 bits per heavy atom. The second-order valence-electron chi connectivity index (χ2n) is 9.03. The molecular formula is C29H27FN2O4S. The fourth-order valence-corrected chi connectivity index (χ4v) is 5.46. The van der Waals surface area contributed by atoms with Crippen molar-refractivity contribution in [1.82, 2.24) is 9.80 Å². The van der Waals surface area contributed by atoms with Crippen LogP contribution in [-0.2, 0) is 17.8 Å². The van der Waals surface area contributed by atoms with Crippen LogP contribution in [0.15, 0.2) is 82.8 Å². The summed E-state index contributed by atoms with van der Waals surface area (Å²) >= 11 is 1.66. The number of rotatable bonds is 8. The average Bonchev–Trinajstić information content (AvgIpc) is 3.59. The van der Waals surface area contributed by atoms with E-state index in [9.17, 15) is 14.0 Å². The lowest BCUT2D eigenvalue weighted by Crippen LogP contribution is -2.47. The Hall–Kier alpha value is -3.91. The minimum Gasteiger partial charge on any atom is -0.491 e. The summed E-state index contributed by atoms with van der Waals surface area (Å²) in [5, 5.41) is 2.01. The van der Waals surface area contributed by atoms with Crippen LogP contribution in [0.4, 0.5) is 4.39 Å². The van der Waals surface area contributed by atoms with E-state index in [4.69, 9.17) is 9.15 Å². The number of hydrogen-bond acceptors (Lipinski definition) is 5. The van der Waals surface area contributed by atoms with Gasteiger partial charge < -0.3 is 19.0 Å². The molecule has 0 bridgehead atoms. The monoisotopic (exact) mass is 518 g/mol. The van der Waals surface area contributed by atoms with Crippen molar-refractivity contribution >= 4 is 23.2 Å². The molecular weight excluding hydrogens is 491 g/mol. The van der Waals surface area contributed by atoms with Crippen LogP contribution in [-0.4, -0.2) is 41.3 Å². The summed E-state index contributed by atoms with van der Waals surface area (Å²) in [6.45, 7) is 2.72. The molecule has 0 N–H and O–H groups in total. The molecule has 1 atom stereocenters. The summed E-state index contributed by atoms with van der Waals surface area (Å²) < 4.78 is 25.1. The topological polar surface area (TPSA) is 63.0 Å². The molecule has 0 spiro atoms. The molecule has 190 valence electrons.